The van der Waals surface area contributed by atoms with E-state index in [4.69, 9.17) is 4.74 Å². The van der Waals surface area contributed by atoms with E-state index >= 15 is 0 Å². The third-order valence-electron chi connectivity index (χ3n) is 4.89. The molecule has 1 fully saturated rings. The van der Waals surface area contributed by atoms with Crippen molar-refractivity contribution < 1.29 is 9.53 Å². The number of carbonyl (C=O) groups is 1. The van der Waals surface area contributed by atoms with Gasteiger partial charge in [-0.25, -0.2) is 0 Å². The Kier molecular flexibility index (Phi) is 5.76. The van der Waals surface area contributed by atoms with E-state index in [1.807, 2.05) is 48.7 Å². The fraction of sp³-hybridized carbons (Fsp3) is 0.273. The van der Waals surface area contributed by atoms with Crippen molar-refractivity contribution in [2.45, 2.75) is 19.1 Å². The van der Waals surface area contributed by atoms with Crippen LogP contribution in [0.15, 0.2) is 67.5 Å². The number of rotatable bonds is 6. The van der Waals surface area contributed by atoms with Crippen molar-refractivity contribution in [1.82, 2.24) is 24.9 Å². The summed E-state index contributed by atoms with van der Waals surface area (Å²) in [6, 6.07) is 13.7. The Morgan fingerprint density at radius 2 is 2.07 bits per heavy atom. The quantitative estimate of drug-likeness (QED) is 0.606. The van der Waals surface area contributed by atoms with E-state index in [-0.39, 0.29) is 12.0 Å². The van der Waals surface area contributed by atoms with Crippen LogP contribution in [0.4, 0.5) is 0 Å². The molecule has 29 heavy (non-hydrogen) atoms. The molecule has 1 atom stereocenters. The molecule has 3 aromatic rings. The smallest absolute Gasteiger partial charge is 0.272 e. The first-order valence-electron chi connectivity index (χ1n) is 9.68. The molecule has 1 amide bonds. The number of benzene rings is 1. The summed E-state index contributed by atoms with van der Waals surface area (Å²) in [7, 11) is 0. The highest BCUT2D eigenvalue weighted by Crippen LogP contribution is 2.22. The Bertz CT molecular complexity index is 968. The normalized spacial score (nSPS) is 16.6. The van der Waals surface area contributed by atoms with E-state index in [9.17, 15) is 4.79 Å². The van der Waals surface area contributed by atoms with Crippen LogP contribution in [0, 0.1) is 0 Å². The fourth-order valence-corrected chi connectivity index (χ4v) is 3.29. The number of hydrogen-bond acceptors (Lipinski definition) is 5. The first kappa shape index (κ1) is 19.0. The number of allylic oxidation sites excluding steroid dienone is 1. The Hall–Kier alpha value is -3.32. The number of morpholine rings is 1. The van der Waals surface area contributed by atoms with Crippen LogP contribution in [0.5, 0.6) is 0 Å². The minimum absolute atomic E-state index is 0.100. The van der Waals surface area contributed by atoms with Gasteiger partial charge in [0, 0.05) is 24.8 Å². The first-order chi connectivity index (χ1) is 14.2. The van der Waals surface area contributed by atoms with Crippen LogP contribution in [-0.4, -0.2) is 50.5 Å². The van der Waals surface area contributed by atoms with Gasteiger partial charge in [-0.1, -0.05) is 47.7 Å². The molecule has 0 radical (unpaired) electrons. The van der Waals surface area contributed by atoms with Gasteiger partial charge in [-0.3, -0.25) is 14.5 Å². The molecular weight excluding hydrogens is 366 g/mol. The largest absolute Gasteiger partial charge is 0.368 e. The third kappa shape index (κ3) is 4.41. The standard InChI is InChI=1S/C22H23N5O2/c1-2-3-11-27-15-20(24-25-27)21-16-26(12-13-29-21)22(28)19-10-9-18(14-23-19)17-7-5-4-6-8-17/h2,4-10,14-15,21H,1,3,11-13,16H2. The number of aryl methyl sites for hydroxylation is 1. The van der Waals surface area contributed by atoms with Crippen molar-refractivity contribution in [2.24, 2.45) is 0 Å². The molecule has 1 saturated heterocycles. The molecule has 1 aliphatic heterocycles. The number of carbonyl (C=O) groups excluding carboxylic acids is 1. The predicted molar refractivity (Wildman–Crippen MR) is 109 cm³/mol. The number of pyridine rings is 1. The molecule has 0 bridgehead atoms. The van der Waals surface area contributed by atoms with Gasteiger partial charge < -0.3 is 9.64 Å². The summed E-state index contributed by atoms with van der Waals surface area (Å²) in [5.74, 6) is -0.100. The van der Waals surface area contributed by atoms with Crippen LogP contribution < -0.4 is 0 Å². The molecule has 0 spiro atoms. The van der Waals surface area contributed by atoms with E-state index in [1.54, 1.807) is 21.8 Å². The lowest BCUT2D eigenvalue weighted by Crippen LogP contribution is -2.42. The monoisotopic (exact) mass is 389 g/mol. The van der Waals surface area contributed by atoms with Gasteiger partial charge in [0.05, 0.1) is 19.3 Å². The highest BCUT2D eigenvalue weighted by atomic mass is 16.5. The molecule has 4 rings (SSSR count). The molecule has 1 aromatic carbocycles. The van der Waals surface area contributed by atoms with Crippen molar-refractivity contribution in [3.63, 3.8) is 0 Å². The molecule has 3 heterocycles. The van der Waals surface area contributed by atoms with Crippen LogP contribution in [0.25, 0.3) is 11.1 Å². The van der Waals surface area contributed by atoms with Crippen LogP contribution in [0.1, 0.15) is 28.7 Å². The molecule has 0 saturated carbocycles. The average molecular weight is 389 g/mol. The Labute approximate surface area is 169 Å². The minimum atomic E-state index is -0.284. The zero-order valence-electron chi connectivity index (χ0n) is 16.1. The number of nitrogens with zero attached hydrogens (tertiary/aromatic N) is 5. The van der Waals surface area contributed by atoms with Gasteiger partial charge >= 0.3 is 0 Å². The van der Waals surface area contributed by atoms with E-state index in [0.717, 1.165) is 29.8 Å². The highest BCUT2D eigenvalue weighted by Gasteiger charge is 2.28. The summed E-state index contributed by atoms with van der Waals surface area (Å²) in [6.07, 6.45) is 5.99. The summed E-state index contributed by atoms with van der Waals surface area (Å²) < 4.78 is 7.59. The molecule has 0 N–H and O–H groups in total. The van der Waals surface area contributed by atoms with Crippen LogP contribution in [0.2, 0.25) is 0 Å². The van der Waals surface area contributed by atoms with Crippen molar-refractivity contribution in [3.8, 4) is 11.1 Å². The molecule has 1 unspecified atom stereocenters. The predicted octanol–water partition coefficient (Wildman–Crippen LogP) is 3.13. The van der Waals surface area contributed by atoms with Crippen molar-refractivity contribution in [2.75, 3.05) is 19.7 Å². The summed E-state index contributed by atoms with van der Waals surface area (Å²) in [5.41, 5.74) is 3.22. The fourth-order valence-electron chi connectivity index (χ4n) is 3.29. The molecule has 7 heteroatoms. The van der Waals surface area contributed by atoms with Gasteiger partial charge in [-0.15, -0.1) is 11.7 Å². The van der Waals surface area contributed by atoms with E-state index in [0.29, 0.717) is 25.4 Å². The van der Waals surface area contributed by atoms with Gasteiger partial charge in [0.15, 0.2) is 0 Å². The summed E-state index contributed by atoms with van der Waals surface area (Å²) in [4.78, 5) is 19.1. The van der Waals surface area contributed by atoms with E-state index in [1.165, 1.54) is 0 Å². The summed E-state index contributed by atoms with van der Waals surface area (Å²) >= 11 is 0. The third-order valence-corrected chi connectivity index (χ3v) is 4.89. The maximum absolute atomic E-state index is 12.9. The number of aromatic nitrogens is 4. The number of amides is 1. The van der Waals surface area contributed by atoms with Gasteiger partial charge in [-0.05, 0) is 18.1 Å². The SMILES string of the molecule is C=CCCn1cc(C2CN(C(=O)c3ccc(-c4ccccc4)cn3)CCO2)nn1. The molecule has 148 valence electrons. The van der Waals surface area contributed by atoms with Gasteiger partial charge in [0.1, 0.15) is 17.5 Å². The molecular formula is C22H23N5O2. The zero-order chi connectivity index (χ0) is 20.1. The summed E-state index contributed by atoms with van der Waals surface area (Å²) in [6.45, 7) is 5.86. The number of ether oxygens (including phenoxy) is 1. The maximum Gasteiger partial charge on any atom is 0.272 e. The van der Waals surface area contributed by atoms with Crippen molar-refractivity contribution in [3.05, 3.63) is 78.9 Å². The Morgan fingerprint density at radius 3 is 2.83 bits per heavy atom. The molecule has 2 aromatic heterocycles. The second-order valence-electron chi connectivity index (χ2n) is 6.89. The topological polar surface area (TPSA) is 73.1 Å². The summed E-state index contributed by atoms with van der Waals surface area (Å²) in [5, 5.41) is 8.32. The van der Waals surface area contributed by atoms with Gasteiger partial charge in [0.25, 0.3) is 5.91 Å². The van der Waals surface area contributed by atoms with Gasteiger partial charge in [-0.2, -0.15) is 0 Å². The lowest BCUT2D eigenvalue weighted by molar-refractivity contribution is -0.0249. The average Bonchev–Trinajstić information content (AvgIpc) is 3.27. The molecule has 0 aliphatic carbocycles. The minimum Gasteiger partial charge on any atom is -0.368 e. The van der Waals surface area contributed by atoms with Crippen LogP contribution >= 0.6 is 0 Å². The Balaban J connectivity index is 1.43. The lowest BCUT2D eigenvalue weighted by Gasteiger charge is -2.31. The first-order valence-corrected chi connectivity index (χ1v) is 9.68. The molecule has 7 nitrogen and oxygen atoms in total. The van der Waals surface area contributed by atoms with E-state index in [2.05, 4.69) is 21.9 Å². The lowest BCUT2D eigenvalue weighted by atomic mass is 10.1. The highest BCUT2D eigenvalue weighted by molar-refractivity contribution is 5.92. The second kappa shape index (κ2) is 8.79. The van der Waals surface area contributed by atoms with E-state index < -0.39 is 0 Å². The van der Waals surface area contributed by atoms with Crippen molar-refractivity contribution >= 4 is 5.91 Å². The number of hydrogen-bond donors (Lipinski definition) is 0. The Morgan fingerprint density at radius 1 is 1.21 bits per heavy atom. The van der Waals surface area contributed by atoms with Crippen molar-refractivity contribution in [1.29, 1.82) is 0 Å². The van der Waals surface area contributed by atoms with Gasteiger partial charge in [0.2, 0.25) is 0 Å². The zero-order valence-corrected chi connectivity index (χ0v) is 16.1. The molecule has 1 aliphatic rings. The second-order valence-corrected chi connectivity index (χ2v) is 6.89. The maximum atomic E-state index is 12.9. The van der Waals surface area contributed by atoms with Crippen LogP contribution in [0.3, 0.4) is 0 Å². The van der Waals surface area contributed by atoms with Crippen LogP contribution in [-0.2, 0) is 11.3 Å².